The number of aliphatic hydroxyl groups excluding tert-OH is 1. The summed E-state index contributed by atoms with van der Waals surface area (Å²) in [6, 6.07) is 0. The number of carboxylic acid groups (broad SMARTS) is 1. The van der Waals surface area contributed by atoms with Crippen molar-refractivity contribution in [2.45, 2.75) is 102 Å². The van der Waals surface area contributed by atoms with E-state index in [1.54, 1.807) is 0 Å². The Morgan fingerprint density at radius 2 is 1.96 bits per heavy atom. The van der Waals surface area contributed by atoms with E-state index < -0.39 is 11.6 Å². The van der Waals surface area contributed by atoms with Crippen molar-refractivity contribution in [2.75, 3.05) is 0 Å². The van der Waals surface area contributed by atoms with Crippen LogP contribution in [0.25, 0.3) is 0 Å². The summed E-state index contributed by atoms with van der Waals surface area (Å²) >= 11 is 0. The minimum Gasteiger partial charge on any atom is -0.481 e. The van der Waals surface area contributed by atoms with E-state index in [0.29, 0.717) is 18.3 Å². The lowest BCUT2D eigenvalue weighted by Gasteiger charge is -2.58. The lowest BCUT2D eigenvalue weighted by molar-refractivity contribution is -0.136. The predicted octanol–water partition coefficient (Wildman–Crippen LogP) is 4.44. The standard InChI is InChI=1S/C22H36O4/c1-21-14-10-19(23)17(8-6-13-22(26)11-3-2-4-12-22)18(21)15-16(21)7-5-9-20(24)25/h7,17-19,23,26H,2-6,8-15H2,1H3,(H,24,25). The maximum Gasteiger partial charge on any atom is 0.303 e. The summed E-state index contributed by atoms with van der Waals surface area (Å²) < 4.78 is 0. The molecular weight excluding hydrogens is 328 g/mol. The molecule has 3 N–H and O–H groups in total. The minimum atomic E-state index is -0.736. The Morgan fingerprint density at radius 1 is 1.23 bits per heavy atom. The van der Waals surface area contributed by atoms with Gasteiger partial charge in [0.1, 0.15) is 0 Å². The summed E-state index contributed by atoms with van der Waals surface area (Å²) in [6.45, 7) is 2.31. The van der Waals surface area contributed by atoms with Crippen molar-refractivity contribution in [1.82, 2.24) is 0 Å². The van der Waals surface area contributed by atoms with Crippen LogP contribution in [0, 0.1) is 17.3 Å². The largest absolute Gasteiger partial charge is 0.481 e. The van der Waals surface area contributed by atoms with Crippen LogP contribution in [-0.4, -0.2) is 33.0 Å². The first-order valence-corrected chi connectivity index (χ1v) is 10.7. The lowest BCUT2D eigenvalue weighted by Crippen LogP contribution is -2.52. The maximum atomic E-state index is 10.7. The van der Waals surface area contributed by atoms with Crippen molar-refractivity contribution in [3.8, 4) is 0 Å². The zero-order chi connectivity index (χ0) is 18.8. The van der Waals surface area contributed by atoms with Gasteiger partial charge in [-0.1, -0.05) is 44.3 Å². The van der Waals surface area contributed by atoms with Gasteiger partial charge in [0.15, 0.2) is 0 Å². The monoisotopic (exact) mass is 364 g/mol. The molecule has 0 spiro atoms. The molecule has 4 heteroatoms. The van der Waals surface area contributed by atoms with Gasteiger partial charge in [-0.05, 0) is 68.6 Å². The molecule has 3 aliphatic carbocycles. The highest BCUT2D eigenvalue weighted by Crippen LogP contribution is 2.61. The van der Waals surface area contributed by atoms with Crippen LogP contribution in [0.4, 0.5) is 0 Å². The van der Waals surface area contributed by atoms with E-state index in [1.165, 1.54) is 12.0 Å². The second-order valence-electron chi connectivity index (χ2n) is 9.34. The number of hydrogen-bond acceptors (Lipinski definition) is 3. The number of carbonyl (C=O) groups is 1. The molecule has 0 radical (unpaired) electrons. The lowest BCUT2D eigenvalue weighted by atomic mass is 9.47. The van der Waals surface area contributed by atoms with E-state index in [9.17, 15) is 15.0 Å². The quantitative estimate of drug-likeness (QED) is 0.584. The average molecular weight is 365 g/mol. The van der Waals surface area contributed by atoms with E-state index >= 15 is 0 Å². The highest BCUT2D eigenvalue weighted by Gasteiger charge is 2.54. The molecule has 0 aliphatic heterocycles. The molecule has 3 aliphatic rings. The van der Waals surface area contributed by atoms with Gasteiger partial charge in [-0.2, -0.15) is 0 Å². The Hall–Kier alpha value is -0.870. The number of carboxylic acids is 1. The van der Waals surface area contributed by atoms with Crippen molar-refractivity contribution >= 4 is 5.97 Å². The van der Waals surface area contributed by atoms with Gasteiger partial charge >= 0.3 is 5.97 Å². The fraction of sp³-hybridized carbons (Fsp3) is 0.864. The summed E-state index contributed by atoms with van der Waals surface area (Å²) in [4.78, 5) is 10.7. The molecule has 0 amide bonds. The first-order valence-electron chi connectivity index (χ1n) is 10.7. The van der Waals surface area contributed by atoms with Gasteiger partial charge < -0.3 is 15.3 Å². The number of hydrogen-bond donors (Lipinski definition) is 3. The van der Waals surface area contributed by atoms with Crippen molar-refractivity contribution in [3.05, 3.63) is 11.6 Å². The Bertz CT molecular complexity index is 534. The average Bonchev–Trinajstić information content (AvgIpc) is 2.59. The molecule has 0 saturated heterocycles. The molecule has 0 aromatic carbocycles. The molecule has 0 heterocycles. The highest BCUT2D eigenvalue weighted by atomic mass is 16.4. The summed E-state index contributed by atoms with van der Waals surface area (Å²) in [7, 11) is 0. The third-order valence-electron chi connectivity index (χ3n) is 7.68. The Morgan fingerprint density at radius 3 is 2.65 bits per heavy atom. The predicted molar refractivity (Wildman–Crippen MR) is 102 cm³/mol. The third kappa shape index (κ3) is 4.17. The zero-order valence-corrected chi connectivity index (χ0v) is 16.3. The first kappa shape index (κ1) is 19.9. The molecule has 0 aromatic rings. The number of fused-ring (bicyclic) bond motifs is 1. The van der Waals surface area contributed by atoms with E-state index in [1.807, 2.05) is 0 Å². The smallest absolute Gasteiger partial charge is 0.303 e. The number of aliphatic hydroxyl groups is 2. The molecule has 3 fully saturated rings. The van der Waals surface area contributed by atoms with E-state index in [2.05, 4.69) is 13.0 Å². The van der Waals surface area contributed by atoms with Crippen LogP contribution < -0.4 is 0 Å². The molecule has 3 rings (SSSR count). The van der Waals surface area contributed by atoms with Crippen LogP contribution in [-0.2, 0) is 4.79 Å². The van der Waals surface area contributed by atoms with Crippen molar-refractivity contribution in [3.63, 3.8) is 0 Å². The Labute approximate surface area is 157 Å². The topological polar surface area (TPSA) is 77.8 Å². The normalized spacial score (nSPS) is 37.8. The minimum absolute atomic E-state index is 0.157. The highest BCUT2D eigenvalue weighted by molar-refractivity contribution is 5.66. The summed E-state index contributed by atoms with van der Waals surface area (Å²) in [5.41, 5.74) is 1.11. The SMILES string of the molecule is CC12CCC(O)C(CCCC3(O)CCCCC3)C1CC2=CCCC(=O)O. The summed E-state index contributed by atoms with van der Waals surface area (Å²) in [5, 5.41) is 30.1. The van der Waals surface area contributed by atoms with Gasteiger partial charge in [0, 0.05) is 6.42 Å². The Kier molecular flexibility index (Phi) is 6.13. The zero-order valence-electron chi connectivity index (χ0n) is 16.3. The van der Waals surface area contributed by atoms with Crippen LogP contribution in [0.15, 0.2) is 11.6 Å². The van der Waals surface area contributed by atoms with Gasteiger partial charge in [0.2, 0.25) is 0 Å². The molecule has 4 nitrogen and oxygen atoms in total. The maximum absolute atomic E-state index is 10.7. The molecular formula is C22H36O4. The van der Waals surface area contributed by atoms with Crippen molar-refractivity contribution < 1.29 is 20.1 Å². The van der Waals surface area contributed by atoms with Gasteiger partial charge in [-0.25, -0.2) is 0 Å². The molecule has 3 saturated carbocycles. The van der Waals surface area contributed by atoms with Crippen molar-refractivity contribution in [2.24, 2.45) is 17.3 Å². The van der Waals surface area contributed by atoms with Gasteiger partial charge in [-0.3, -0.25) is 4.79 Å². The third-order valence-corrected chi connectivity index (χ3v) is 7.68. The second kappa shape index (κ2) is 8.02. The summed E-state index contributed by atoms with van der Waals surface area (Å²) in [6.07, 6.45) is 13.9. The van der Waals surface area contributed by atoms with Crippen LogP contribution in [0.2, 0.25) is 0 Å². The number of rotatable bonds is 7. The second-order valence-corrected chi connectivity index (χ2v) is 9.34. The van der Waals surface area contributed by atoms with Gasteiger partial charge in [0.25, 0.3) is 0 Å². The molecule has 26 heavy (non-hydrogen) atoms. The fourth-order valence-corrected chi connectivity index (χ4v) is 5.91. The van der Waals surface area contributed by atoms with E-state index in [-0.39, 0.29) is 17.9 Å². The van der Waals surface area contributed by atoms with E-state index in [0.717, 1.165) is 64.2 Å². The Balaban J connectivity index is 1.54. The molecule has 4 atom stereocenters. The molecule has 148 valence electrons. The van der Waals surface area contributed by atoms with Crippen molar-refractivity contribution in [1.29, 1.82) is 0 Å². The number of aliphatic carboxylic acids is 1. The number of allylic oxidation sites excluding steroid dienone is 2. The van der Waals surface area contributed by atoms with Crippen LogP contribution in [0.5, 0.6) is 0 Å². The fourth-order valence-electron chi connectivity index (χ4n) is 5.91. The molecule has 0 aromatic heterocycles. The van der Waals surface area contributed by atoms with Gasteiger partial charge in [-0.15, -0.1) is 0 Å². The van der Waals surface area contributed by atoms with Crippen LogP contribution >= 0.6 is 0 Å². The van der Waals surface area contributed by atoms with E-state index in [4.69, 9.17) is 5.11 Å². The van der Waals surface area contributed by atoms with Gasteiger partial charge in [0.05, 0.1) is 11.7 Å². The molecule has 0 bridgehead atoms. The van der Waals surface area contributed by atoms with Crippen LogP contribution in [0.1, 0.15) is 90.4 Å². The van der Waals surface area contributed by atoms with Crippen LogP contribution in [0.3, 0.4) is 0 Å². The molecule has 4 unspecified atom stereocenters. The first-order chi connectivity index (χ1) is 12.3. The summed E-state index contributed by atoms with van der Waals surface area (Å²) in [5.74, 6) is 0.112.